The van der Waals surface area contributed by atoms with Crippen LogP contribution in [0.15, 0.2) is 16.7 Å². The minimum Gasteiger partial charge on any atom is -0.493 e. The molecule has 1 saturated heterocycles. The van der Waals surface area contributed by atoms with Crippen molar-refractivity contribution in [3.05, 3.63) is 28.1 Å². The second-order valence-corrected chi connectivity index (χ2v) is 6.57. The minimum atomic E-state index is -0.405. The lowest BCUT2D eigenvalue weighted by Gasteiger charge is -2.32. The van der Waals surface area contributed by atoms with Gasteiger partial charge in [0.15, 0.2) is 11.5 Å². The largest absolute Gasteiger partial charge is 0.493 e. The van der Waals surface area contributed by atoms with Gasteiger partial charge in [-0.2, -0.15) is 4.98 Å². The van der Waals surface area contributed by atoms with E-state index in [0.29, 0.717) is 42.1 Å². The number of rotatable bonds is 6. The van der Waals surface area contributed by atoms with Gasteiger partial charge in [-0.15, -0.1) is 0 Å². The van der Waals surface area contributed by atoms with Gasteiger partial charge >= 0.3 is 0 Å². The Labute approximate surface area is 156 Å². The average molecular weight is 377 g/mol. The summed E-state index contributed by atoms with van der Waals surface area (Å²) < 4.78 is 15.9. The van der Waals surface area contributed by atoms with Crippen LogP contribution in [0.1, 0.15) is 24.7 Å². The smallest absolute Gasteiger partial charge is 0.296 e. The fourth-order valence-corrected chi connectivity index (χ4v) is 3.23. The third-order valence-corrected chi connectivity index (χ3v) is 4.62. The first kappa shape index (κ1) is 18.7. The molecule has 1 unspecified atom stereocenters. The highest BCUT2D eigenvalue weighted by atomic mass is 16.6. The second kappa shape index (κ2) is 7.68. The number of hydrogen-bond acceptors (Lipinski definition) is 9. The molecule has 1 aliphatic rings. The Morgan fingerprint density at radius 1 is 1.30 bits per heavy atom. The van der Waals surface area contributed by atoms with Crippen LogP contribution in [0.2, 0.25) is 0 Å². The lowest BCUT2D eigenvalue weighted by Crippen LogP contribution is -2.35. The van der Waals surface area contributed by atoms with Gasteiger partial charge in [0.2, 0.25) is 5.89 Å². The van der Waals surface area contributed by atoms with Gasteiger partial charge in [-0.3, -0.25) is 10.1 Å². The number of methoxy groups -OCH3 is 2. The van der Waals surface area contributed by atoms with Gasteiger partial charge in [0.05, 0.1) is 31.1 Å². The molecule has 1 atom stereocenters. The molecule has 1 aromatic carbocycles. The first-order valence-electron chi connectivity index (χ1n) is 8.60. The van der Waals surface area contributed by atoms with E-state index in [-0.39, 0.29) is 11.6 Å². The van der Waals surface area contributed by atoms with Gasteiger partial charge in [-0.05, 0) is 18.0 Å². The van der Waals surface area contributed by atoms with Gasteiger partial charge < -0.3 is 23.8 Å². The highest BCUT2D eigenvalue weighted by Gasteiger charge is 2.31. The van der Waals surface area contributed by atoms with Crippen LogP contribution in [0, 0.1) is 10.1 Å². The van der Waals surface area contributed by atoms with Crippen molar-refractivity contribution in [1.29, 1.82) is 0 Å². The summed E-state index contributed by atoms with van der Waals surface area (Å²) in [6.07, 6.45) is 1.74. The fourth-order valence-electron chi connectivity index (χ4n) is 3.23. The molecule has 1 aliphatic heterocycles. The third kappa shape index (κ3) is 3.74. The normalized spacial score (nSPS) is 16.9. The van der Waals surface area contributed by atoms with Crippen molar-refractivity contribution in [1.82, 2.24) is 10.1 Å². The standard InChI is InChI=1S/C17H23N5O5/c1-20(2)17-18-16(27-19-17)11-6-5-7-21(10-11)12-8-14(25-3)15(26-4)9-13(12)22(23)24/h8-9,11H,5-7,10H2,1-4H3. The van der Waals surface area contributed by atoms with Crippen molar-refractivity contribution in [3.63, 3.8) is 0 Å². The van der Waals surface area contributed by atoms with Crippen LogP contribution in [-0.2, 0) is 0 Å². The summed E-state index contributed by atoms with van der Waals surface area (Å²) in [6, 6.07) is 3.05. The van der Waals surface area contributed by atoms with E-state index >= 15 is 0 Å². The monoisotopic (exact) mass is 377 g/mol. The van der Waals surface area contributed by atoms with Crippen LogP contribution >= 0.6 is 0 Å². The second-order valence-electron chi connectivity index (χ2n) is 6.57. The quantitative estimate of drug-likeness (QED) is 0.554. The zero-order chi connectivity index (χ0) is 19.6. The van der Waals surface area contributed by atoms with Crippen LogP contribution in [-0.4, -0.2) is 56.5 Å². The maximum Gasteiger partial charge on any atom is 0.296 e. The molecule has 0 radical (unpaired) electrons. The van der Waals surface area contributed by atoms with E-state index in [1.54, 1.807) is 11.0 Å². The van der Waals surface area contributed by atoms with Crippen molar-refractivity contribution in [2.24, 2.45) is 0 Å². The van der Waals surface area contributed by atoms with Crippen molar-refractivity contribution in [2.45, 2.75) is 18.8 Å². The van der Waals surface area contributed by atoms with Gasteiger partial charge in [-0.25, -0.2) is 0 Å². The molecule has 2 aromatic rings. The number of ether oxygens (including phenoxy) is 2. The molecule has 2 heterocycles. The number of piperidine rings is 1. The van der Waals surface area contributed by atoms with Crippen LogP contribution in [0.3, 0.4) is 0 Å². The molecule has 3 rings (SSSR count). The number of nitro benzene ring substituents is 1. The van der Waals surface area contributed by atoms with Crippen LogP contribution < -0.4 is 19.3 Å². The van der Waals surface area contributed by atoms with Crippen molar-refractivity contribution >= 4 is 17.3 Å². The molecule has 0 saturated carbocycles. The summed E-state index contributed by atoms with van der Waals surface area (Å²) in [5, 5.41) is 15.6. The SMILES string of the molecule is COc1cc(N2CCCC(c3nc(N(C)C)no3)C2)c([N+](=O)[O-])cc1OC. The molecule has 0 bridgehead atoms. The van der Waals surface area contributed by atoms with E-state index in [1.165, 1.54) is 20.3 Å². The maximum atomic E-state index is 11.6. The summed E-state index contributed by atoms with van der Waals surface area (Å²) >= 11 is 0. The predicted molar refractivity (Wildman–Crippen MR) is 99.0 cm³/mol. The first-order chi connectivity index (χ1) is 12.9. The van der Waals surface area contributed by atoms with Crippen LogP contribution in [0.5, 0.6) is 11.5 Å². The highest BCUT2D eigenvalue weighted by Crippen LogP contribution is 2.41. The van der Waals surface area contributed by atoms with E-state index in [9.17, 15) is 10.1 Å². The summed E-state index contributed by atoms with van der Waals surface area (Å²) in [4.78, 5) is 19.4. The molecule has 0 amide bonds. The molecular weight excluding hydrogens is 354 g/mol. The Kier molecular flexibility index (Phi) is 5.33. The number of nitro groups is 1. The number of aromatic nitrogens is 2. The summed E-state index contributed by atoms with van der Waals surface area (Å²) in [7, 11) is 6.65. The minimum absolute atomic E-state index is 0.00708. The highest BCUT2D eigenvalue weighted by molar-refractivity contribution is 5.70. The Morgan fingerprint density at radius 3 is 2.59 bits per heavy atom. The van der Waals surface area contributed by atoms with E-state index in [1.807, 2.05) is 19.0 Å². The lowest BCUT2D eigenvalue weighted by atomic mass is 9.97. The number of hydrogen-bond donors (Lipinski definition) is 0. The molecule has 10 heteroatoms. The van der Waals surface area contributed by atoms with Gasteiger partial charge in [-0.1, -0.05) is 0 Å². The zero-order valence-corrected chi connectivity index (χ0v) is 15.8. The maximum absolute atomic E-state index is 11.6. The first-order valence-corrected chi connectivity index (χ1v) is 8.60. The number of benzene rings is 1. The van der Waals surface area contributed by atoms with Crippen molar-refractivity contribution < 1.29 is 18.9 Å². The molecule has 0 N–H and O–H groups in total. The summed E-state index contributed by atoms with van der Waals surface area (Å²) in [5.41, 5.74) is 0.475. The Hall–Kier alpha value is -3.04. The number of nitrogens with zero attached hydrogens (tertiary/aromatic N) is 5. The molecule has 10 nitrogen and oxygen atoms in total. The zero-order valence-electron chi connectivity index (χ0n) is 15.8. The van der Waals surface area contributed by atoms with Gasteiger partial charge in [0.25, 0.3) is 11.6 Å². The van der Waals surface area contributed by atoms with Gasteiger partial charge in [0.1, 0.15) is 5.69 Å². The third-order valence-electron chi connectivity index (χ3n) is 4.62. The van der Waals surface area contributed by atoms with Crippen LogP contribution in [0.4, 0.5) is 17.3 Å². The molecule has 0 spiro atoms. The summed E-state index contributed by atoms with van der Waals surface area (Å²) in [6.45, 7) is 1.24. The van der Waals surface area contributed by atoms with E-state index < -0.39 is 4.92 Å². The van der Waals surface area contributed by atoms with E-state index in [0.717, 1.165) is 12.8 Å². The Morgan fingerprint density at radius 2 is 2.00 bits per heavy atom. The van der Waals surface area contributed by atoms with Crippen LogP contribution in [0.25, 0.3) is 0 Å². The predicted octanol–water partition coefficient (Wildman–Crippen LogP) is 2.45. The molecule has 1 aromatic heterocycles. The molecule has 146 valence electrons. The molecular formula is C17H23N5O5. The number of anilines is 2. The van der Waals surface area contributed by atoms with Crippen molar-refractivity contribution in [3.8, 4) is 11.5 Å². The average Bonchev–Trinajstić information content (AvgIpc) is 3.17. The molecule has 0 aliphatic carbocycles. The van der Waals surface area contributed by atoms with E-state index in [4.69, 9.17) is 14.0 Å². The Balaban J connectivity index is 1.91. The van der Waals surface area contributed by atoms with Gasteiger partial charge in [0, 0.05) is 33.3 Å². The molecule has 1 fully saturated rings. The summed E-state index contributed by atoms with van der Waals surface area (Å²) in [5.74, 6) is 1.85. The Bertz CT molecular complexity index is 822. The molecule has 27 heavy (non-hydrogen) atoms. The lowest BCUT2D eigenvalue weighted by molar-refractivity contribution is -0.384. The van der Waals surface area contributed by atoms with Crippen molar-refractivity contribution in [2.75, 3.05) is 51.2 Å². The fraction of sp³-hybridized carbons (Fsp3) is 0.529. The van der Waals surface area contributed by atoms with E-state index in [2.05, 4.69) is 10.1 Å². The topological polar surface area (TPSA) is 107 Å².